The number of carbonyl (C=O) groups excluding carboxylic acids is 2. The molecule has 7 nitrogen and oxygen atoms in total. The summed E-state index contributed by atoms with van der Waals surface area (Å²) in [4.78, 5) is 22.4. The van der Waals surface area contributed by atoms with Crippen LogP contribution in [0.4, 0.5) is 0 Å². The fourth-order valence-corrected chi connectivity index (χ4v) is 1.54. The molecule has 1 heterocycles. The number of aliphatic hydroxyl groups is 1. The summed E-state index contributed by atoms with van der Waals surface area (Å²) in [5.41, 5.74) is 5.20. The van der Waals surface area contributed by atoms with E-state index in [1.165, 1.54) is 13.8 Å². The van der Waals surface area contributed by atoms with Crippen LogP contribution in [0.25, 0.3) is 0 Å². The van der Waals surface area contributed by atoms with Gasteiger partial charge in [-0.3, -0.25) is 9.59 Å². The number of aliphatic hydroxyl groups excluding tert-OH is 1. The average molecular weight is 232 g/mol. The summed E-state index contributed by atoms with van der Waals surface area (Å²) in [6, 6.07) is -0.926. The molecule has 4 N–H and O–H groups in total. The monoisotopic (exact) mass is 232 g/mol. The zero-order valence-corrected chi connectivity index (χ0v) is 9.17. The summed E-state index contributed by atoms with van der Waals surface area (Å²) in [7, 11) is 0. The highest BCUT2D eigenvalue weighted by Crippen LogP contribution is 2.18. The van der Waals surface area contributed by atoms with Crippen LogP contribution in [0.2, 0.25) is 0 Å². The molecule has 0 bridgehead atoms. The number of ether oxygens (including phenoxy) is 2. The number of nitrogens with one attached hydrogen (secondary N) is 1. The zero-order valence-electron chi connectivity index (χ0n) is 9.17. The molecule has 1 aliphatic heterocycles. The third-order valence-corrected chi connectivity index (χ3v) is 2.29. The SMILES string of the molecule is CC(=O)NC1[C@H](OCN)OC(C)C(=O)[C@@H]1O. The number of carbonyl (C=O) groups is 2. The molecule has 16 heavy (non-hydrogen) atoms. The summed E-state index contributed by atoms with van der Waals surface area (Å²) in [5.74, 6) is -0.878. The van der Waals surface area contributed by atoms with Gasteiger partial charge in [0.25, 0.3) is 0 Å². The lowest BCUT2D eigenvalue weighted by Gasteiger charge is -2.37. The van der Waals surface area contributed by atoms with E-state index in [0.717, 1.165) is 0 Å². The minimum atomic E-state index is -1.34. The lowest BCUT2D eigenvalue weighted by atomic mass is 9.99. The molecular weight excluding hydrogens is 216 g/mol. The Morgan fingerprint density at radius 2 is 2.31 bits per heavy atom. The first-order valence-electron chi connectivity index (χ1n) is 4.93. The second-order valence-electron chi connectivity index (χ2n) is 3.55. The van der Waals surface area contributed by atoms with Crippen molar-refractivity contribution in [1.82, 2.24) is 5.32 Å². The largest absolute Gasteiger partial charge is 0.383 e. The second-order valence-corrected chi connectivity index (χ2v) is 3.55. The van der Waals surface area contributed by atoms with Gasteiger partial charge in [-0.05, 0) is 6.92 Å². The van der Waals surface area contributed by atoms with E-state index in [4.69, 9.17) is 15.2 Å². The smallest absolute Gasteiger partial charge is 0.217 e. The Morgan fingerprint density at radius 1 is 1.69 bits per heavy atom. The molecule has 0 saturated carbocycles. The van der Waals surface area contributed by atoms with E-state index in [9.17, 15) is 14.7 Å². The van der Waals surface area contributed by atoms with Crippen molar-refractivity contribution >= 4 is 11.7 Å². The fraction of sp³-hybridized carbons (Fsp3) is 0.778. The van der Waals surface area contributed by atoms with Crippen LogP contribution in [-0.2, 0) is 19.1 Å². The maximum Gasteiger partial charge on any atom is 0.217 e. The summed E-state index contributed by atoms with van der Waals surface area (Å²) >= 11 is 0. The Balaban J connectivity index is 2.79. The predicted molar refractivity (Wildman–Crippen MR) is 53.1 cm³/mol. The minimum Gasteiger partial charge on any atom is -0.383 e. The molecule has 1 rings (SSSR count). The highest BCUT2D eigenvalue weighted by molar-refractivity contribution is 5.89. The van der Waals surface area contributed by atoms with Crippen molar-refractivity contribution in [3.05, 3.63) is 0 Å². The number of amides is 1. The normalized spacial score (nSPS) is 34.9. The van der Waals surface area contributed by atoms with E-state index in [-0.39, 0.29) is 12.6 Å². The third-order valence-electron chi connectivity index (χ3n) is 2.29. The predicted octanol–water partition coefficient (Wildman–Crippen LogP) is -1.90. The van der Waals surface area contributed by atoms with Crippen molar-refractivity contribution in [1.29, 1.82) is 0 Å². The molecule has 0 radical (unpaired) electrons. The molecule has 0 spiro atoms. The van der Waals surface area contributed by atoms with Crippen molar-refractivity contribution in [2.75, 3.05) is 6.73 Å². The topological polar surface area (TPSA) is 111 Å². The Morgan fingerprint density at radius 3 is 2.81 bits per heavy atom. The number of Topliss-reactive ketones (excluding diaryl/α,β-unsaturated/α-hetero) is 1. The van der Waals surface area contributed by atoms with Crippen LogP contribution in [-0.4, -0.2) is 48.1 Å². The van der Waals surface area contributed by atoms with Gasteiger partial charge in [-0.15, -0.1) is 0 Å². The van der Waals surface area contributed by atoms with E-state index in [1.807, 2.05) is 0 Å². The van der Waals surface area contributed by atoms with Gasteiger partial charge in [-0.1, -0.05) is 0 Å². The average Bonchev–Trinajstić information content (AvgIpc) is 2.21. The molecule has 0 aliphatic carbocycles. The van der Waals surface area contributed by atoms with Crippen LogP contribution in [0.5, 0.6) is 0 Å². The molecule has 1 amide bonds. The lowest BCUT2D eigenvalue weighted by Crippen LogP contribution is -2.61. The Hall–Kier alpha value is -1.02. The van der Waals surface area contributed by atoms with E-state index in [2.05, 4.69) is 5.32 Å². The standard InChI is InChI=1S/C9H16N2O5/c1-4-7(13)8(14)6(11-5(2)12)9(16-4)15-3-10/h4,6,8-9,14H,3,10H2,1-2H3,(H,11,12)/t4?,6?,8-,9-/m1/s1. The molecule has 0 aromatic carbocycles. The van der Waals surface area contributed by atoms with Gasteiger partial charge in [0.15, 0.2) is 12.1 Å². The van der Waals surface area contributed by atoms with Gasteiger partial charge in [0.1, 0.15) is 18.2 Å². The molecule has 0 aromatic heterocycles. The van der Waals surface area contributed by atoms with Crippen LogP contribution in [0.15, 0.2) is 0 Å². The second kappa shape index (κ2) is 5.35. The number of hydrogen-bond acceptors (Lipinski definition) is 6. The van der Waals surface area contributed by atoms with Gasteiger partial charge < -0.3 is 25.6 Å². The summed E-state index contributed by atoms with van der Waals surface area (Å²) in [6.45, 7) is 2.64. The summed E-state index contributed by atoms with van der Waals surface area (Å²) < 4.78 is 10.2. The van der Waals surface area contributed by atoms with E-state index < -0.39 is 30.3 Å². The maximum absolute atomic E-state index is 11.5. The van der Waals surface area contributed by atoms with Gasteiger partial charge >= 0.3 is 0 Å². The van der Waals surface area contributed by atoms with Crippen LogP contribution in [0.1, 0.15) is 13.8 Å². The lowest BCUT2D eigenvalue weighted by molar-refractivity contribution is -0.220. The van der Waals surface area contributed by atoms with E-state index in [1.54, 1.807) is 0 Å². The summed E-state index contributed by atoms with van der Waals surface area (Å²) in [5, 5.41) is 12.1. The van der Waals surface area contributed by atoms with E-state index >= 15 is 0 Å². The van der Waals surface area contributed by atoms with Gasteiger partial charge in [0, 0.05) is 6.92 Å². The zero-order chi connectivity index (χ0) is 12.3. The highest BCUT2D eigenvalue weighted by Gasteiger charge is 2.43. The third kappa shape index (κ3) is 2.76. The fourth-order valence-electron chi connectivity index (χ4n) is 1.54. The van der Waals surface area contributed by atoms with Gasteiger partial charge in [0.2, 0.25) is 5.91 Å². The van der Waals surface area contributed by atoms with E-state index in [0.29, 0.717) is 0 Å². The van der Waals surface area contributed by atoms with Gasteiger partial charge in [-0.25, -0.2) is 0 Å². The Kier molecular flexibility index (Phi) is 4.36. The molecule has 92 valence electrons. The molecule has 0 aromatic rings. The minimum absolute atomic E-state index is 0.131. The molecular formula is C9H16N2O5. The number of hydrogen-bond donors (Lipinski definition) is 3. The van der Waals surface area contributed by atoms with Crippen molar-refractivity contribution in [3.63, 3.8) is 0 Å². The first-order chi connectivity index (χ1) is 7.47. The van der Waals surface area contributed by atoms with Gasteiger partial charge in [0.05, 0.1) is 6.73 Å². The quantitative estimate of drug-likeness (QED) is 0.490. The van der Waals surface area contributed by atoms with Crippen LogP contribution in [0, 0.1) is 0 Å². The number of rotatable bonds is 3. The van der Waals surface area contributed by atoms with Crippen molar-refractivity contribution < 1.29 is 24.2 Å². The van der Waals surface area contributed by atoms with Crippen molar-refractivity contribution in [2.24, 2.45) is 5.73 Å². The van der Waals surface area contributed by atoms with Gasteiger partial charge in [-0.2, -0.15) is 0 Å². The molecule has 4 atom stereocenters. The first kappa shape index (κ1) is 13.0. The first-order valence-corrected chi connectivity index (χ1v) is 4.93. The molecule has 1 fully saturated rings. The Labute approximate surface area is 92.9 Å². The van der Waals surface area contributed by atoms with Crippen LogP contribution >= 0.6 is 0 Å². The van der Waals surface area contributed by atoms with Crippen molar-refractivity contribution in [2.45, 2.75) is 38.4 Å². The molecule has 1 aliphatic rings. The van der Waals surface area contributed by atoms with Crippen molar-refractivity contribution in [3.8, 4) is 0 Å². The molecule has 7 heteroatoms. The molecule has 2 unspecified atom stereocenters. The number of ketones is 1. The maximum atomic E-state index is 11.5. The highest BCUT2D eigenvalue weighted by atomic mass is 16.7. The van der Waals surface area contributed by atoms with Crippen LogP contribution < -0.4 is 11.1 Å². The Bertz CT molecular complexity index is 283. The number of nitrogens with two attached hydrogens (primary N) is 1. The molecule has 1 saturated heterocycles. The van der Waals surface area contributed by atoms with Crippen LogP contribution in [0.3, 0.4) is 0 Å². The summed E-state index contributed by atoms with van der Waals surface area (Å²) in [6.07, 6.45) is -3.04.